The van der Waals surface area contributed by atoms with Gasteiger partial charge in [0.15, 0.2) is 0 Å². The largest absolute Gasteiger partial charge is 0.306 e. The number of sulfonamides is 1. The number of hydrogen-bond donors (Lipinski definition) is 0. The lowest BCUT2D eigenvalue weighted by Gasteiger charge is -2.26. The Morgan fingerprint density at radius 1 is 0.824 bits per heavy atom. The molecule has 6 heteroatoms. The minimum atomic E-state index is -3.55. The van der Waals surface area contributed by atoms with Crippen LogP contribution in [0.25, 0.3) is 0 Å². The number of benzene rings is 3. The highest BCUT2D eigenvalue weighted by Gasteiger charge is 2.24. The molecule has 34 heavy (non-hydrogen) atoms. The van der Waals surface area contributed by atoms with Crippen LogP contribution in [-0.4, -0.2) is 51.4 Å². The van der Waals surface area contributed by atoms with Gasteiger partial charge in [-0.25, -0.2) is 12.7 Å². The van der Waals surface area contributed by atoms with Gasteiger partial charge in [-0.15, -0.1) is 0 Å². The molecule has 0 spiro atoms. The zero-order chi connectivity index (χ0) is 24.4. The van der Waals surface area contributed by atoms with Crippen molar-refractivity contribution >= 4 is 21.6 Å². The lowest BCUT2D eigenvalue weighted by molar-refractivity contribution is 0.301. The molecule has 1 atom stereocenters. The number of halogens is 1. The van der Waals surface area contributed by atoms with Crippen LogP contribution in [0.2, 0.25) is 5.02 Å². The molecular formula is C28H35ClN2O2S. The van der Waals surface area contributed by atoms with Crippen LogP contribution in [0.5, 0.6) is 0 Å². The Bertz CT molecular complexity index is 1110. The van der Waals surface area contributed by atoms with E-state index in [9.17, 15) is 8.42 Å². The van der Waals surface area contributed by atoms with Gasteiger partial charge in [-0.05, 0) is 87.1 Å². The van der Waals surface area contributed by atoms with Gasteiger partial charge in [0, 0.05) is 18.6 Å². The Balaban J connectivity index is 1.58. The van der Waals surface area contributed by atoms with Gasteiger partial charge in [-0.3, -0.25) is 0 Å². The summed E-state index contributed by atoms with van der Waals surface area (Å²) in [6.07, 6.45) is 4.24. The van der Waals surface area contributed by atoms with Crippen molar-refractivity contribution in [3.8, 4) is 0 Å². The molecular weight excluding hydrogens is 464 g/mol. The van der Waals surface area contributed by atoms with Crippen LogP contribution in [0, 0.1) is 0 Å². The smallest absolute Gasteiger partial charge is 0.242 e. The van der Waals surface area contributed by atoms with E-state index < -0.39 is 10.0 Å². The zero-order valence-corrected chi connectivity index (χ0v) is 21.7. The maximum atomic E-state index is 13.1. The lowest BCUT2D eigenvalue weighted by Crippen LogP contribution is -2.32. The molecule has 0 unspecified atom stereocenters. The Morgan fingerprint density at radius 2 is 1.50 bits per heavy atom. The Labute approximate surface area is 210 Å². The molecule has 0 amide bonds. The number of likely N-dealkylation sites (N-methyl/N-ethyl adjacent to an activating group) is 1. The van der Waals surface area contributed by atoms with E-state index in [-0.39, 0.29) is 5.92 Å². The molecule has 0 aromatic heterocycles. The number of hydrogen-bond acceptors (Lipinski definition) is 3. The van der Waals surface area contributed by atoms with E-state index in [2.05, 4.69) is 42.3 Å². The van der Waals surface area contributed by atoms with Crippen LogP contribution in [0.15, 0.2) is 89.8 Å². The van der Waals surface area contributed by atoms with E-state index >= 15 is 0 Å². The fourth-order valence-corrected chi connectivity index (χ4v) is 5.58. The van der Waals surface area contributed by atoms with Crippen LogP contribution in [0.1, 0.15) is 36.3 Å². The van der Waals surface area contributed by atoms with E-state index in [0.29, 0.717) is 16.5 Å². The van der Waals surface area contributed by atoms with Crippen molar-refractivity contribution in [1.82, 2.24) is 9.21 Å². The third-order valence-electron chi connectivity index (χ3n) is 6.21. The van der Waals surface area contributed by atoms with E-state index in [4.69, 9.17) is 11.6 Å². The quantitative estimate of drug-likeness (QED) is 0.268. The molecule has 0 heterocycles. The van der Waals surface area contributed by atoms with E-state index in [1.54, 1.807) is 31.3 Å². The normalized spacial score (nSPS) is 12.9. The summed E-state index contributed by atoms with van der Waals surface area (Å²) < 4.78 is 27.6. The fourth-order valence-electron chi connectivity index (χ4n) is 4.15. The van der Waals surface area contributed by atoms with Crippen molar-refractivity contribution < 1.29 is 8.42 Å². The molecule has 0 radical (unpaired) electrons. The molecule has 0 aliphatic carbocycles. The van der Waals surface area contributed by atoms with Gasteiger partial charge >= 0.3 is 0 Å². The minimum Gasteiger partial charge on any atom is -0.306 e. The SMILES string of the molecule is CN(CCCCc1ccccc1)CC[C@H](CN(C)S(=O)(=O)c1ccccc1)c1cccc(Cl)c1. The number of unbranched alkanes of at least 4 members (excludes halogenated alkanes) is 1. The van der Waals surface area contributed by atoms with Gasteiger partial charge in [-0.1, -0.05) is 72.3 Å². The van der Waals surface area contributed by atoms with Gasteiger partial charge in [0.2, 0.25) is 10.0 Å². The molecule has 182 valence electrons. The first kappa shape index (κ1) is 26.4. The summed E-state index contributed by atoms with van der Waals surface area (Å²) in [5.74, 6) is 0.0500. The van der Waals surface area contributed by atoms with Crippen LogP contribution in [0.4, 0.5) is 0 Å². The number of nitrogens with zero attached hydrogens (tertiary/aromatic N) is 2. The van der Waals surface area contributed by atoms with Crippen molar-refractivity contribution in [1.29, 1.82) is 0 Å². The standard InChI is InChI=1S/C28H35ClN2O2S/c1-30(20-10-9-14-24-12-5-3-6-13-24)21-19-26(25-15-11-16-27(29)22-25)23-31(2)34(32,33)28-17-7-4-8-18-28/h3-8,11-13,15-18,22,26H,9-10,14,19-21,23H2,1-2H3/t26-/m1/s1. The van der Waals surface area contributed by atoms with Gasteiger partial charge in [-0.2, -0.15) is 0 Å². The number of aryl methyl sites for hydroxylation is 1. The second-order valence-electron chi connectivity index (χ2n) is 8.89. The van der Waals surface area contributed by atoms with Crippen LogP contribution >= 0.6 is 11.6 Å². The predicted octanol–water partition coefficient (Wildman–Crippen LogP) is 6.09. The highest BCUT2D eigenvalue weighted by Crippen LogP contribution is 2.26. The van der Waals surface area contributed by atoms with Crippen LogP contribution in [-0.2, 0) is 16.4 Å². The summed E-state index contributed by atoms with van der Waals surface area (Å²) in [5, 5.41) is 0.672. The van der Waals surface area contributed by atoms with Gasteiger partial charge in [0.25, 0.3) is 0 Å². The molecule has 0 aliphatic heterocycles. The van der Waals surface area contributed by atoms with Crippen molar-refractivity contribution in [2.45, 2.75) is 36.5 Å². The molecule has 0 saturated carbocycles. The summed E-state index contributed by atoms with van der Waals surface area (Å²) in [6, 6.07) is 27.0. The second kappa shape index (κ2) is 13.1. The fraction of sp³-hybridized carbons (Fsp3) is 0.357. The first-order chi connectivity index (χ1) is 16.4. The van der Waals surface area contributed by atoms with Crippen molar-refractivity contribution in [2.75, 3.05) is 33.7 Å². The highest BCUT2D eigenvalue weighted by molar-refractivity contribution is 7.89. The maximum Gasteiger partial charge on any atom is 0.242 e. The van der Waals surface area contributed by atoms with Crippen molar-refractivity contribution in [2.24, 2.45) is 0 Å². The highest BCUT2D eigenvalue weighted by atomic mass is 35.5. The molecule has 0 fully saturated rings. The van der Waals surface area contributed by atoms with E-state index in [1.165, 1.54) is 9.87 Å². The zero-order valence-electron chi connectivity index (χ0n) is 20.1. The van der Waals surface area contributed by atoms with Crippen LogP contribution in [0.3, 0.4) is 0 Å². The molecule has 0 N–H and O–H groups in total. The molecule has 0 bridgehead atoms. The molecule has 3 aromatic rings. The Kier molecular flexibility index (Phi) is 10.1. The van der Waals surface area contributed by atoms with Gasteiger partial charge in [0.1, 0.15) is 0 Å². The molecule has 4 nitrogen and oxygen atoms in total. The minimum absolute atomic E-state index is 0.0500. The molecule has 0 aliphatic rings. The van der Waals surface area contributed by atoms with Crippen molar-refractivity contribution in [3.05, 3.63) is 101 Å². The summed E-state index contributed by atoms with van der Waals surface area (Å²) in [6.45, 7) is 2.31. The summed E-state index contributed by atoms with van der Waals surface area (Å²) in [4.78, 5) is 2.66. The molecule has 3 rings (SSSR count). The van der Waals surface area contributed by atoms with Crippen molar-refractivity contribution in [3.63, 3.8) is 0 Å². The van der Waals surface area contributed by atoms with E-state index in [1.807, 2.05) is 30.3 Å². The monoisotopic (exact) mass is 498 g/mol. The van der Waals surface area contributed by atoms with Gasteiger partial charge in [0.05, 0.1) is 4.90 Å². The molecule has 0 saturated heterocycles. The number of rotatable bonds is 13. The summed E-state index contributed by atoms with van der Waals surface area (Å²) in [7, 11) is 0.253. The summed E-state index contributed by atoms with van der Waals surface area (Å²) >= 11 is 6.27. The second-order valence-corrected chi connectivity index (χ2v) is 11.4. The topological polar surface area (TPSA) is 40.6 Å². The molecule has 3 aromatic carbocycles. The third kappa shape index (κ3) is 7.95. The predicted molar refractivity (Wildman–Crippen MR) is 142 cm³/mol. The summed E-state index contributed by atoms with van der Waals surface area (Å²) in [5.41, 5.74) is 2.45. The first-order valence-corrected chi connectivity index (χ1v) is 13.7. The third-order valence-corrected chi connectivity index (χ3v) is 8.28. The van der Waals surface area contributed by atoms with E-state index in [0.717, 1.165) is 44.3 Å². The van der Waals surface area contributed by atoms with Crippen LogP contribution < -0.4 is 0 Å². The average molecular weight is 499 g/mol. The average Bonchev–Trinajstić information content (AvgIpc) is 2.85. The Hall–Kier alpha value is -2.18. The first-order valence-electron chi connectivity index (χ1n) is 11.9. The lowest BCUT2D eigenvalue weighted by atomic mass is 9.95. The van der Waals surface area contributed by atoms with Gasteiger partial charge < -0.3 is 4.90 Å². The maximum absolute atomic E-state index is 13.1. The Morgan fingerprint density at radius 3 is 2.18 bits per heavy atom.